The maximum atomic E-state index is 12.6. The van der Waals surface area contributed by atoms with Crippen molar-refractivity contribution in [3.63, 3.8) is 0 Å². The summed E-state index contributed by atoms with van der Waals surface area (Å²) in [5.74, 6) is 0. The van der Waals surface area contributed by atoms with Gasteiger partial charge in [-0.1, -0.05) is 6.07 Å². The second-order valence-electron chi connectivity index (χ2n) is 5.55. The van der Waals surface area contributed by atoms with Crippen LogP contribution < -0.4 is 10.6 Å². The number of anilines is 2. The highest BCUT2D eigenvalue weighted by Gasteiger charge is 2.28. The quantitative estimate of drug-likeness (QED) is 0.861. The van der Waals surface area contributed by atoms with E-state index >= 15 is 0 Å². The summed E-state index contributed by atoms with van der Waals surface area (Å²) in [4.78, 5) is 27.1. The van der Waals surface area contributed by atoms with Crippen LogP contribution in [0.4, 0.5) is 21.0 Å². The fourth-order valence-electron chi connectivity index (χ4n) is 2.83. The maximum Gasteiger partial charge on any atom is 0.411 e. The van der Waals surface area contributed by atoms with Gasteiger partial charge in [-0.2, -0.15) is 0 Å². The Balaban J connectivity index is 1.69. The lowest BCUT2D eigenvalue weighted by Crippen LogP contribution is -2.40. The van der Waals surface area contributed by atoms with Crippen LogP contribution in [0.15, 0.2) is 35.7 Å². The summed E-state index contributed by atoms with van der Waals surface area (Å²) in [6.45, 7) is 2.74. The highest BCUT2D eigenvalue weighted by molar-refractivity contribution is 7.10. The normalized spacial score (nSPS) is 16.2. The number of amides is 3. The molecule has 1 atom stereocenters. The van der Waals surface area contributed by atoms with Gasteiger partial charge in [-0.3, -0.25) is 5.32 Å². The van der Waals surface area contributed by atoms with E-state index in [0.717, 1.165) is 6.42 Å². The Bertz CT molecular complexity index is 759. The van der Waals surface area contributed by atoms with Crippen LogP contribution in [0.5, 0.6) is 0 Å². The fraction of sp³-hybridized carbons (Fsp3) is 0.294. The van der Waals surface area contributed by atoms with Crippen molar-refractivity contribution in [2.45, 2.75) is 19.4 Å². The third-order valence-corrected chi connectivity index (χ3v) is 5.08. The predicted molar refractivity (Wildman–Crippen MR) is 94.6 cm³/mol. The van der Waals surface area contributed by atoms with E-state index in [-0.39, 0.29) is 12.1 Å². The fourth-order valence-corrected chi connectivity index (χ4v) is 3.79. The second kappa shape index (κ2) is 6.92. The zero-order valence-corrected chi connectivity index (χ0v) is 14.4. The molecule has 24 heavy (non-hydrogen) atoms. The van der Waals surface area contributed by atoms with Gasteiger partial charge in [0.25, 0.3) is 0 Å². The average molecular weight is 345 g/mol. The molecule has 0 unspecified atom stereocenters. The minimum atomic E-state index is -0.548. The minimum absolute atomic E-state index is 0.0522. The number of ether oxygens (including phenoxy) is 1. The zero-order chi connectivity index (χ0) is 17.1. The summed E-state index contributed by atoms with van der Waals surface area (Å²) >= 11 is 1.75. The van der Waals surface area contributed by atoms with Gasteiger partial charge in [0.15, 0.2) is 0 Å². The van der Waals surface area contributed by atoms with Crippen LogP contribution in [0.2, 0.25) is 0 Å². The van der Waals surface area contributed by atoms with Gasteiger partial charge in [0, 0.05) is 22.8 Å². The van der Waals surface area contributed by atoms with E-state index in [1.54, 1.807) is 35.6 Å². The van der Waals surface area contributed by atoms with E-state index in [1.165, 1.54) is 17.6 Å². The smallest absolute Gasteiger partial charge is 0.411 e. The summed E-state index contributed by atoms with van der Waals surface area (Å²) in [5.41, 5.74) is 2.41. The average Bonchev–Trinajstić information content (AvgIpc) is 3.05. The van der Waals surface area contributed by atoms with Gasteiger partial charge < -0.3 is 15.0 Å². The molecule has 3 amide bonds. The second-order valence-corrected chi connectivity index (χ2v) is 6.55. The molecule has 6 nitrogen and oxygen atoms in total. The third-order valence-electron chi connectivity index (χ3n) is 4.08. The molecule has 0 aliphatic carbocycles. The monoisotopic (exact) mass is 345 g/mol. The molecule has 1 aromatic heterocycles. The van der Waals surface area contributed by atoms with Crippen LogP contribution in [0.25, 0.3) is 0 Å². The summed E-state index contributed by atoms with van der Waals surface area (Å²) in [6, 6.07) is 8.96. The molecule has 126 valence electrons. The first-order chi connectivity index (χ1) is 11.6. The van der Waals surface area contributed by atoms with Crippen molar-refractivity contribution in [1.29, 1.82) is 0 Å². The summed E-state index contributed by atoms with van der Waals surface area (Å²) in [7, 11) is 1.30. The van der Waals surface area contributed by atoms with Crippen molar-refractivity contribution in [2.24, 2.45) is 0 Å². The number of fused-ring (bicyclic) bond motifs is 1. The molecule has 0 saturated carbocycles. The molecule has 3 rings (SSSR count). The van der Waals surface area contributed by atoms with Crippen LogP contribution >= 0.6 is 11.3 Å². The number of thiophene rings is 1. The van der Waals surface area contributed by atoms with Crippen LogP contribution in [0, 0.1) is 0 Å². The van der Waals surface area contributed by atoms with Crippen molar-refractivity contribution >= 4 is 34.8 Å². The van der Waals surface area contributed by atoms with Crippen molar-refractivity contribution < 1.29 is 14.3 Å². The molecular formula is C17H19N3O3S. The first-order valence-electron chi connectivity index (χ1n) is 7.67. The number of hydrogen-bond acceptors (Lipinski definition) is 4. The van der Waals surface area contributed by atoms with Gasteiger partial charge in [-0.05, 0) is 48.6 Å². The van der Waals surface area contributed by atoms with Crippen LogP contribution in [0.3, 0.4) is 0 Å². The molecule has 1 aliphatic heterocycles. The number of hydrogen-bond donors (Lipinski definition) is 2. The summed E-state index contributed by atoms with van der Waals surface area (Å²) < 4.78 is 4.57. The maximum absolute atomic E-state index is 12.6. The molecule has 2 N–H and O–H groups in total. The first-order valence-corrected chi connectivity index (χ1v) is 8.55. The lowest BCUT2D eigenvalue weighted by Gasteiger charge is -2.33. The molecule has 0 radical (unpaired) electrons. The molecule has 2 heterocycles. The number of rotatable bonds is 2. The number of benzene rings is 1. The standard InChI is InChI=1S/C17H19N3O3S/c1-11-14-7-9-24-15(14)6-8-20(11)16(21)18-12-4-3-5-13(10-12)19-17(22)23-2/h3-5,7,9-11H,6,8H2,1-2H3,(H,18,21)(H,19,22)/t11-/m0/s1. The number of nitrogens with one attached hydrogen (secondary N) is 2. The topological polar surface area (TPSA) is 70.7 Å². The Morgan fingerprint density at radius 3 is 2.75 bits per heavy atom. The van der Waals surface area contributed by atoms with Crippen LogP contribution in [0.1, 0.15) is 23.4 Å². The molecular weight excluding hydrogens is 326 g/mol. The van der Waals surface area contributed by atoms with Crippen LogP contribution in [-0.2, 0) is 11.2 Å². The molecule has 0 spiro atoms. The summed E-state index contributed by atoms with van der Waals surface area (Å²) in [6.07, 6.45) is 0.336. The highest BCUT2D eigenvalue weighted by atomic mass is 32.1. The molecule has 7 heteroatoms. The Morgan fingerprint density at radius 2 is 2.00 bits per heavy atom. The lowest BCUT2D eigenvalue weighted by atomic mass is 10.0. The Kier molecular flexibility index (Phi) is 4.71. The first kappa shape index (κ1) is 16.3. The minimum Gasteiger partial charge on any atom is -0.453 e. The van der Waals surface area contributed by atoms with E-state index in [4.69, 9.17) is 0 Å². The van der Waals surface area contributed by atoms with Crippen molar-refractivity contribution in [3.8, 4) is 0 Å². The molecule has 0 fully saturated rings. The summed E-state index contributed by atoms with van der Waals surface area (Å²) in [5, 5.41) is 7.55. The molecule has 1 aliphatic rings. The van der Waals surface area contributed by atoms with Gasteiger partial charge in [0.1, 0.15) is 0 Å². The lowest BCUT2D eigenvalue weighted by molar-refractivity contribution is 0.186. The van der Waals surface area contributed by atoms with Gasteiger partial charge in [-0.15, -0.1) is 11.3 Å². The zero-order valence-electron chi connectivity index (χ0n) is 13.5. The largest absolute Gasteiger partial charge is 0.453 e. The van der Waals surface area contributed by atoms with Crippen molar-refractivity contribution in [3.05, 3.63) is 46.2 Å². The van der Waals surface area contributed by atoms with Gasteiger partial charge in [0.05, 0.1) is 13.2 Å². The number of methoxy groups -OCH3 is 1. The van der Waals surface area contributed by atoms with E-state index in [2.05, 4.69) is 26.8 Å². The third kappa shape index (κ3) is 3.35. The number of nitrogens with zero attached hydrogens (tertiary/aromatic N) is 1. The van der Waals surface area contributed by atoms with Gasteiger partial charge in [0.2, 0.25) is 0 Å². The number of carbonyl (C=O) groups is 2. The molecule has 2 aromatic rings. The Labute approximate surface area is 144 Å². The molecule has 0 saturated heterocycles. The highest BCUT2D eigenvalue weighted by Crippen LogP contribution is 2.33. The number of urea groups is 1. The van der Waals surface area contributed by atoms with Gasteiger partial charge >= 0.3 is 12.1 Å². The van der Waals surface area contributed by atoms with E-state index in [9.17, 15) is 9.59 Å². The van der Waals surface area contributed by atoms with E-state index in [1.807, 2.05) is 11.8 Å². The predicted octanol–water partition coefficient (Wildman–Crippen LogP) is 4.08. The van der Waals surface area contributed by atoms with E-state index in [0.29, 0.717) is 17.9 Å². The van der Waals surface area contributed by atoms with Crippen molar-refractivity contribution in [2.75, 3.05) is 24.3 Å². The van der Waals surface area contributed by atoms with Gasteiger partial charge in [-0.25, -0.2) is 9.59 Å². The Hall–Kier alpha value is -2.54. The van der Waals surface area contributed by atoms with Crippen molar-refractivity contribution in [1.82, 2.24) is 4.90 Å². The Morgan fingerprint density at radius 1 is 1.25 bits per heavy atom. The van der Waals surface area contributed by atoms with E-state index < -0.39 is 6.09 Å². The SMILES string of the molecule is COC(=O)Nc1cccc(NC(=O)N2CCc3sccc3[C@@H]2C)c1. The van der Waals surface area contributed by atoms with Crippen LogP contribution in [-0.4, -0.2) is 30.7 Å². The molecule has 1 aromatic carbocycles. The number of carbonyl (C=O) groups excluding carboxylic acids is 2. The molecule has 0 bridgehead atoms.